The van der Waals surface area contributed by atoms with Crippen molar-refractivity contribution >= 4 is 35.6 Å². The van der Waals surface area contributed by atoms with Gasteiger partial charge < -0.3 is 44.8 Å². The molecule has 0 aromatic rings. The molecule has 4 amide bonds. The Morgan fingerprint density at radius 3 is 1.70 bits per heavy atom. The van der Waals surface area contributed by atoms with Crippen LogP contribution in [-0.2, 0) is 52.6 Å². The molecule has 0 radical (unpaired) electrons. The zero-order chi connectivity index (χ0) is 34.4. The molecule has 5 N–H and O–H groups in total. The lowest BCUT2D eigenvalue weighted by Gasteiger charge is -2.17. The topological polar surface area (TPSA) is 217 Å². The normalized spacial score (nSPS) is 19.2. The monoisotopic (exact) mass is 674 g/mol. The second kappa shape index (κ2) is 28.8. The van der Waals surface area contributed by atoms with Crippen LogP contribution in [0, 0.1) is 0 Å². The Kier molecular flexibility index (Phi) is 25.6. The van der Waals surface area contributed by atoms with Crippen LogP contribution in [0.25, 0.3) is 0 Å². The molecule has 1 atom stereocenters. The lowest BCUT2D eigenvalue weighted by molar-refractivity contribution is -0.162. The van der Waals surface area contributed by atoms with Gasteiger partial charge in [0.1, 0.15) is 19.3 Å². The first-order chi connectivity index (χ1) is 22.8. The fourth-order valence-corrected chi connectivity index (χ4v) is 4.41. The molecule has 1 rings (SSSR count). The molecule has 16 heteroatoms. The van der Waals surface area contributed by atoms with Crippen LogP contribution >= 0.6 is 0 Å². The van der Waals surface area contributed by atoms with E-state index in [1.807, 2.05) is 5.48 Å². The van der Waals surface area contributed by atoms with Crippen LogP contribution < -0.4 is 21.4 Å². The molecule has 1 aliphatic heterocycles. The fourth-order valence-electron chi connectivity index (χ4n) is 4.41. The SMILES string of the molecule is O=C(O)CCCCCCCCCCCCC(=O)NC1CCC(=O)NCCOCCOCC(=O)NCCOCCOCC(=O)NOC1=O. The number of carbonyl (C=O) groups is 6. The number of hydrogen-bond acceptors (Lipinski definition) is 11. The summed E-state index contributed by atoms with van der Waals surface area (Å²) in [4.78, 5) is 76.8. The van der Waals surface area contributed by atoms with Gasteiger partial charge in [-0.15, -0.1) is 0 Å². The first kappa shape index (κ1) is 41.7. The number of nitrogens with one attached hydrogen (secondary N) is 4. The van der Waals surface area contributed by atoms with E-state index in [9.17, 15) is 28.8 Å². The minimum Gasteiger partial charge on any atom is -0.481 e. The number of carboxylic acid groups (broad SMARTS) is 1. The summed E-state index contributed by atoms with van der Waals surface area (Å²) in [5.74, 6) is -3.41. The van der Waals surface area contributed by atoms with Gasteiger partial charge in [-0.2, -0.15) is 5.48 Å². The number of aliphatic carboxylic acids is 1. The van der Waals surface area contributed by atoms with Crippen molar-refractivity contribution in [2.24, 2.45) is 0 Å². The van der Waals surface area contributed by atoms with Crippen molar-refractivity contribution in [3.63, 3.8) is 0 Å². The van der Waals surface area contributed by atoms with Crippen molar-refractivity contribution in [1.82, 2.24) is 21.4 Å². The maximum absolute atomic E-state index is 12.7. The molecule has 0 aromatic carbocycles. The van der Waals surface area contributed by atoms with E-state index >= 15 is 0 Å². The van der Waals surface area contributed by atoms with E-state index in [0.717, 1.165) is 57.8 Å². The summed E-state index contributed by atoms with van der Waals surface area (Å²) in [5, 5.41) is 16.6. The van der Waals surface area contributed by atoms with Gasteiger partial charge in [-0.25, -0.2) is 4.79 Å². The Balaban J connectivity index is 2.44. The maximum atomic E-state index is 12.7. The van der Waals surface area contributed by atoms with Crippen LogP contribution in [0.3, 0.4) is 0 Å². The molecule has 1 aliphatic rings. The molecular formula is C31H54N4O12. The first-order valence-electron chi connectivity index (χ1n) is 16.6. The van der Waals surface area contributed by atoms with Crippen LogP contribution in [0.1, 0.15) is 89.9 Å². The average molecular weight is 675 g/mol. The second-order valence-electron chi connectivity index (χ2n) is 11.1. The number of carboxylic acids is 1. The van der Waals surface area contributed by atoms with E-state index < -0.39 is 30.5 Å². The average Bonchev–Trinajstić information content (AvgIpc) is 3.04. The molecule has 1 heterocycles. The lowest BCUT2D eigenvalue weighted by atomic mass is 10.0. The minimum absolute atomic E-state index is 0.0484. The molecule has 0 saturated carbocycles. The Hall–Kier alpha value is -3.34. The zero-order valence-electron chi connectivity index (χ0n) is 27.5. The highest BCUT2D eigenvalue weighted by molar-refractivity contribution is 5.86. The van der Waals surface area contributed by atoms with Crippen LogP contribution in [0.15, 0.2) is 0 Å². The van der Waals surface area contributed by atoms with Gasteiger partial charge in [0.05, 0.1) is 39.6 Å². The lowest BCUT2D eigenvalue weighted by Crippen LogP contribution is -2.45. The molecule has 270 valence electrons. The number of ether oxygens (including phenoxy) is 4. The summed E-state index contributed by atoms with van der Waals surface area (Å²) in [6.07, 6.45) is 9.79. The standard InChI is InChI=1S/C31H54N4O12/c36-26-14-13-25(34-27(37)11-9-7-5-3-1-2-4-6-8-10-12-30(40)41)31(42)47-35-29(39)24-46-22-20-44-18-16-33-28(38)23-45-21-19-43-17-15-32-26/h25H,1-24H2,(H,32,36)(H,33,38)(H,34,37)(H,35,39)(H,40,41). The van der Waals surface area contributed by atoms with E-state index in [-0.39, 0.29) is 103 Å². The van der Waals surface area contributed by atoms with E-state index in [1.165, 1.54) is 0 Å². The van der Waals surface area contributed by atoms with Gasteiger partial charge in [0.15, 0.2) is 0 Å². The van der Waals surface area contributed by atoms with E-state index in [1.54, 1.807) is 0 Å². The smallest absolute Gasteiger partial charge is 0.354 e. The second-order valence-corrected chi connectivity index (χ2v) is 11.1. The van der Waals surface area contributed by atoms with Gasteiger partial charge in [0.2, 0.25) is 17.7 Å². The Labute approximate surface area is 276 Å². The van der Waals surface area contributed by atoms with Crippen molar-refractivity contribution in [2.75, 3.05) is 65.9 Å². The number of hydroxylamine groups is 1. The van der Waals surface area contributed by atoms with E-state index in [0.29, 0.717) is 6.42 Å². The van der Waals surface area contributed by atoms with Crippen molar-refractivity contribution in [2.45, 2.75) is 95.9 Å². The predicted molar refractivity (Wildman–Crippen MR) is 168 cm³/mol. The quantitative estimate of drug-likeness (QED) is 0.163. The summed E-state index contributed by atoms with van der Waals surface area (Å²) in [6.45, 7) is 1.09. The zero-order valence-corrected chi connectivity index (χ0v) is 27.5. The fraction of sp³-hybridized carbons (Fsp3) is 0.806. The van der Waals surface area contributed by atoms with Gasteiger partial charge in [-0.05, 0) is 19.3 Å². The Morgan fingerprint density at radius 2 is 1.13 bits per heavy atom. The van der Waals surface area contributed by atoms with Gasteiger partial charge in [-0.1, -0.05) is 51.4 Å². The molecule has 0 bridgehead atoms. The first-order valence-corrected chi connectivity index (χ1v) is 16.6. The summed E-state index contributed by atoms with van der Waals surface area (Å²) >= 11 is 0. The summed E-state index contributed by atoms with van der Waals surface area (Å²) < 4.78 is 21.1. The minimum atomic E-state index is -1.16. The van der Waals surface area contributed by atoms with Gasteiger partial charge in [0.25, 0.3) is 5.91 Å². The molecular weight excluding hydrogens is 620 g/mol. The number of unbranched alkanes of at least 4 members (excludes halogenated alkanes) is 9. The summed E-state index contributed by atoms with van der Waals surface area (Å²) in [5.41, 5.74) is 2.00. The van der Waals surface area contributed by atoms with Crippen LogP contribution in [0.5, 0.6) is 0 Å². The molecule has 1 saturated heterocycles. The largest absolute Gasteiger partial charge is 0.481 e. The Morgan fingerprint density at radius 1 is 0.638 bits per heavy atom. The molecule has 47 heavy (non-hydrogen) atoms. The molecule has 0 aromatic heterocycles. The van der Waals surface area contributed by atoms with Crippen LogP contribution in [-0.4, -0.2) is 113 Å². The highest BCUT2D eigenvalue weighted by atomic mass is 16.7. The molecule has 1 fully saturated rings. The predicted octanol–water partition coefficient (Wildman–Crippen LogP) is 0.904. The highest BCUT2D eigenvalue weighted by Crippen LogP contribution is 2.12. The van der Waals surface area contributed by atoms with Crippen LogP contribution in [0.4, 0.5) is 0 Å². The third-order valence-corrected chi connectivity index (χ3v) is 6.94. The van der Waals surface area contributed by atoms with Gasteiger partial charge in [0, 0.05) is 32.4 Å². The van der Waals surface area contributed by atoms with E-state index in [2.05, 4.69) is 16.0 Å². The number of hydrogen-bond donors (Lipinski definition) is 5. The van der Waals surface area contributed by atoms with Crippen molar-refractivity contribution < 1.29 is 57.7 Å². The summed E-state index contributed by atoms with van der Waals surface area (Å²) in [7, 11) is 0. The Bertz CT molecular complexity index is 921. The van der Waals surface area contributed by atoms with Crippen molar-refractivity contribution in [1.29, 1.82) is 0 Å². The molecule has 1 unspecified atom stereocenters. The third-order valence-electron chi connectivity index (χ3n) is 6.94. The number of rotatable bonds is 14. The van der Waals surface area contributed by atoms with Crippen LogP contribution in [0.2, 0.25) is 0 Å². The number of carbonyl (C=O) groups excluding carboxylic acids is 5. The van der Waals surface area contributed by atoms with Gasteiger partial charge >= 0.3 is 11.9 Å². The third kappa shape index (κ3) is 26.4. The van der Waals surface area contributed by atoms with Gasteiger partial charge in [-0.3, -0.25) is 24.0 Å². The van der Waals surface area contributed by atoms with Crippen molar-refractivity contribution in [3.8, 4) is 0 Å². The van der Waals surface area contributed by atoms with E-state index in [4.69, 9.17) is 28.9 Å². The van der Waals surface area contributed by atoms with Crippen molar-refractivity contribution in [3.05, 3.63) is 0 Å². The maximum Gasteiger partial charge on any atom is 0.354 e. The highest BCUT2D eigenvalue weighted by Gasteiger charge is 2.24. The molecule has 0 aliphatic carbocycles. The molecule has 16 nitrogen and oxygen atoms in total. The number of amides is 4. The molecule has 0 spiro atoms. The summed E-state index contributed by atoms with van der Waals surface area (Å²) in [6, 6.07) is -1.16.